The van der Waals surface area contributed by atoms with E-state index in [1.165, 1.54) is 16.6 Å². The van der Waals surface area contributed by atoms with Gasteiger partial charge in [0.05, 0.1) is 12.2 Å². The fourth-order valence-corrected chi connectivity index (χ4v) is 3.80. The molecule has 0 heterocycles. The van der Waals surface area contributed by atoms with Crippen molar-refractivity contribution in [2.24, 2.45) is 0 Å². The molecular weight excluding hydrogens is 617 g/mol. The summed E-state index contributed by atoms with van der Waals surface area (Å²) >= 11 is 10.5. The average Bonchev–Trinajstić information content (AvgIpc) is 2.69. The van der Waals surface area contributed by atoms with E-state index in [9.17, 15) is 9.90 Å². The SMILES string of the molecule is CC(=O)c1ccc(OCc2cccc(I)c2)c(Cl)c1O.OCc1cccc(I)c1. The van der Waals surface area contributed by atoms with Crippen LogP contribution in [0, 0.1) is 7.14 Å². The van der Waals surface area contributed by atoms with Crippen LogP contribution < -0.4 is 4.74 Å². The highest BCUT2D eigenvalue weighted by molar-refractivity contribution is 14.1. The summed E-state index contributed by atoms with van der Waals surface area (Å²) in [5.41, 5.74) is 2.17. The predicted molar refractivity (Wildman–Crippen MR) is 132 cm³/mol. The Balaban J connectivity index is 0.000000278. The number of rotatable bonds is 5. The lowest BCUT2D eigenvalue weighted by Crippen LogP contribution is -1.99. The molecule has 0 radical (unpaired) electrons. The van der Waals surface area contributed by atoms with E-state index < -0.39 is 0 Å². The van der Waals surface area contributed by atoms with Crippen LogP contribution in [0.1, 0.15) is 28.4 Å². The number of benzene rings is 3. The summed E-state index contributed by atoms with van der Waals surface area (Å²) in [7, 11) is 0. The number of aliphatic hydroxyl groups is 1. The number of ether oxygens (including phenoxy) is 1. The molecule has 0 fully saturated rings. The summed E-state index contributed by atoms with van der Waals surface area (Å²) in [5, 5.41) is 18.6. The molecule has 0 spiro atoms. The van der Waals surface area contributed by atoms with Crippen LogP contribution in [0.3, 0.4) is 0 Å². The van der Waals surface area contributed by atoms with E-state index in [1.807, 2.05) is 48.5 Å². The molecule has 0 amide bonds. The van der Waals surface area contributed by atoms with Gasteiger partial charge in [0.1, 0.15) is 23.1 Å². The second kappa shape index (κ2) is 11.7. The topological polar surface area (TPSA) is 66.8 Å². The first-order valence-corrected chi connectivity index (χ1v) is 11.1. The van der Waals surface area contributed by atoms with Gasteiger partial charge in [0.15, 0.2) is 5.78 Å². The van der Waals surface area contributed by atoms with Crippen molar-refractivity contribution in [3.8, 4) is 11.5 Å². The minimum absolute atomic E-state index is 0.0586. The highest BCUT2D eigenvalue weighted by Gasteiger charge is 2.14. The number of halogens is 3. The summed E-state index contributed by atoms with van der Waals surface area (Å²) in [6, 6.07) is 18.8. The van der Waals surface area contributed by atoms with Crippen LogP contribution in [-0.2, 0) is 13.2 Å². The molecule has 0 atom stereocenters. The van der Waals surface area contributed by atoms with Crippen LogP contribution in [0.5, 0.6) is 11.5 Å². The number of aliphatic hydroxyl groups excluding tert-OH is 1. The quantitative estimate of drug-likeness (QED) is 0.258. The Hall–Kier alpha value is -1.36. The molecule has 0 bridgehead atoms. The molecule has 7 heteroatoms. The number of hydrogen-bond acceptors (Lipinski definition) is 4. The van der Waals surface area contributed by atoms with E-state index in [0.29, 0.717) is 12.4 Å². The van der Waals surface area contributed by atoms with Gasteiger partial charge in [-0.3, -0.25) is 4.79 Å². The van der Waals surface area contributed by atoms with Crippen LogP contribution in [-0.4, -0.2) is 16.0 Å². The van der Waals surface area contributed by atoms with Gasteiger partial charge in [0.25, 0.3) is 0 Å². The van der Waals surface area contributed by atoms with E-state index in [1.54, 1.807) is 6.07 Å². The van der Waals surface area contributed by atoms with Gasteiger partial charge in [-0.1, -0.05) is 35.9 Å². The lowest BCUT2D eigenvalue weighted by atomic mass is 10.1. The first-order chi connectivity index (χ1) is 13.8. The molecule has 4 nitrogen and oxygen atoms in total. The number of phenols is 1. The van der Waals surface area contributed by atoms with E-state index in [4.69, 9.17) is 21.4 Å². The number of ketones is 1. The summed E-state index contributed by atoms with van der Waals surface area (Å²) in [6.07, 6.45) is 0. The molecule has 3 aromatic rings. The van der Waals surface area contributed by atoms with Crippen molar-refractivity contribution >= 4 is 62.6 Å². The van der Waals surface area contributed by atoms with Gasteiger partial charge in [-0.05, 0) is 99.6 Å². The van der Waals surface area contributed by atoms with Crippen LogP contribution in [0.15, 0.2) is 60.7 Å². The Morgan fingerprint density at radius 3 is 2.10 bits per heavy atom. The minimum Gasteiger partial charge on any atom is -0.505 e. The highest BCUT2D eigenvalue weighted by atomic mass is 127. The first kappa shape index (κ1) is 23.9. The summed E-state index contributed by atoms with van der Waals surface area (Å²) < 4.78 is 7.87. The largest absolute Gasteiger partial charge is 0.505 e. The lowest BCUT2D eigenvalue weighted by Gasteiger charge is -2.11. The summed E-state index contributed by atoms with van der Waals surface area (Å²) in [4.78, 5) is 11.3. The van der Waals surface area contributed by atoms with Gasteiger partial charge in [-0.25, -0.2) is 0 Å². The fourth-order valence-electron chi connectivity index (χ4n) is 2.36. The number of hydrogen-bond donors (Lipinski definition) is 2. The smallest absolute Gasteiger partial charge is 0.163 e. The van der Waals surface area contributed by atoms with Gasteiger partial charge in [-0.15, -0.1) is 0 Å². The second-order valence-electron chi connectivity index (χ2n) is 6.04. The lowest BCUT2D eigenvalue weighted by molar-refractivity contribution is 0.101. The standard InChI is InChI=1S/C15H12ClIO3.C7H7IO/c1-9(18)12-5-6-13(14(16)15(12)19)20-8-10-3-2-4-11(17)7-10;8-7-3-1-2-6(4-7)5-9/h2-7,19H,8H2,1H3;1-4,9H,5H2. The van der Waals surface area contributed by atoms with Crippen LogP contribution in [0.2, 0.25) is 5.02 Å². The van der Waals surface area contributed by atoms with Gasteiger partial charge >= 0.3 is 0 Å². The van der Waals surface area contributed by atoms with Crippen LogP contribution in [0.4, 0.5) is 0 Å². The molecule has 2 N–H and O–H groups in total. The number of carbonyl (C=O) groups is 1. The molecule has 0 aromatic heterocycles. The monoisotopic (exact) mass is 636 g/mol. The molecule has 0 aliphatic carbocycles. The maximum Gasteiger partial charge on any atom is 0.163 e. The van der Waals surface area contributed by atoms with E-state index in [0.717, 1.165) is 14.7 Å². The molecule has 3 rings (SSSR count). The molecule has 0 saturated heterocycles. The Morgan fingerprint density at radius 1 is 1.00 bits per heavy atom. The van der Waals surface area contributed by atoms with Crippen molar-refractivity contribution in [2.45, 2.75) is 20.1 Å². The molecule has 0 saturated carbocycles. The van der Waals surface area contributed by atoms with Crippen molar-refractivity contribution in [1.29, 1.82) is 0 Å². The molecule has 0 unspecified atom stereocenters. The van der Waals surface area contributed by atoms with Crippen LogP contribution >= 0.6 is 56.8 Å². The molecular formula is C22H19ClI2O4. The Bertz CT molecular complexity index is 992. The van der Waals surface area contributed by atoms with Crippen molar-refractivity contribution in [1.82, 2.24) is 0 Å². The molecule has 29 heavy (non-hydrogen) atoms. The third kappa shape index (κ3) is 7.44. The Labute approximate surface area is 202 Å². The highest BCUT2D eigenvalue weighted by Crippen LogP contribution is 2.36. The molecule has 3 aromatic carbocycles. The molecule has 152 valence electrons. The zero-order valence-corrected chi connectivity index (χ0v) is 20.6. The molecule has 0 aliphatic heterocycles. The number of Topliss-reactive ketones (excluding diaryl/α,β-unsaturated/α-hetero) is 1. The van der Waals surface area contributed by atoms with Crippen molar-refractivity contribution in [3.05, 3.63) is 89.5 Å². The first-order valence-electron chi connectivity index (χ1n) is 8.56. The average molecular weight is 637 g/mol. The third-order valence-electron chi connectivity index (χ3n) is 3.81. The van der Waals surface area contributed by atoms with Crippen molar-refractivity contribution in [2.75, 3.05) is 0 Å². The van der Waals surface area contributed by atoms with Crippen molar-refractivity contribution in [3.63, 3.8) is 0 Å². The van der Waals surface area contributed by atoms with Crippen LogP contribution in [0.25, 0.3) is 0 Å². The second-order valence-corrected chi connectivity index (χ2v) is 8.91. The Kier molecular flexibility index (Phi) is 9.67. The maximum atomic E-state index is 11.3. The van der Waals surface area contributed by atoms with E-state index in [2.05, 4.69) is 45.2 Å². The van der Waals surface area contributed by atoms with Gasteiger partial charge in [0, 0.05) is 7.14 Å². The van der Waals surface area contributed by atoms with Gasteiger partial charge in [0.2, 0.25) is 0 Å². The maximum absolute atomic E-state index is 11.3. The van der Waals surface area contributed by atoms with E-state index >= 15 is 0 Å². The number of phenolic OH excluding ortho intramolecular Hbond substituents is 1. The zero-order valence-electron chi connectivity index (χ0n) is 15.5. The van der Waals surface area contributed by atoms with E-state index in [-0.39, 0.29) is 28.7 Å². The summed E-state index contributed by atoms with van der Waals surface area (Å²) in [5.74, 6) is -0.124. The summed E-state index contributed by atoms with van der Waals surface area (Å²) in [6.45, 7) is 1.85. The van der Waals surface area contributed by atoms with Gasteiger partial charge < -0.3 is 14.9 Å². The predicted octanol–water partition coefficient (Wildman–Crippen LogP) is 6.22. The fraction of sp³-hybridized carbons (Fsp3) is 0.136. The third-order valence-corrected chi connectivity index (χ3v) is 5.52. The Morgan fingerprint density at radius 2 is 1.59 bits per heavy atom. The molecule has 0 aliphatic rings. The van der Waals surface area contributed by atoms with Gasteiger partial charge in [-0.2, -0.15) is 0 Å². The normalized spacial score (nSPS) is 10.1. The number of carbonyl (C=O) groups excluding carboxylic acids is 1. The zero-order chi connectivity index (χ0) is 21.4. The number of aromatic hydroxyl groups is 1. The minimum atomic E-state index is -0.242. The van der Waals surface area contributed by atoms with Crippen molar-refractivity contribution < 1.29 is 19.7 Å².